The summed E-state index contributed by atoms with van der Waals surface area (Å²) in [6.07, 6.45) is 1.09. The number of nitrogens with one attached hydrogen (secondary N) is 2. The summed E-state index contributed by atoms with van der Waals surface area (Å²) in [7, 11) is 0. The highest BCUT2D eigenvalue weighted by molar-refractivity contribution is 5.98. The number of hydrogen-bond donors (Lipinski definition) is 2. The van der Waals surface area contributed by atoms with Crippen molar-refractivity contribution in [3.63, 3.8) is 0 Å². The minimum Gasteiger partial charge on any atom is -0.454 e. The molecule has 2 aromatic rings. The molecule has 4 rings (SSSR count). The maximum absolute atomic E-state index is 12.9. The van der Waals surface area contributed by atoms with Crippen LogP contribution in [-0.4, -0.2) is 49.9 Å². The molecule has 6 heteroatoms. The fraction of sp³-hybridized carbons (Fsp3) is 0.522. The predicted molar refractivity (Wildman–Crippen MR) is 111 cm³/mol. The zero-order valence-electron chi connectivity index (χ0n) is 17.8. The van der Waals surface area contributed by atoms with Crippen LogP contribution < -0.4 is 19.3 Å². The first-order valence-electron chi connectivity index (χ1n) is 10.8. The van der Waals surface area contributed by atoms with Crippen molar-refractivity contribution in [3.05, 3.63) is 46.8 Å². The summed E-state index contributed by atoms with van der Waals surface area (Å²) in [4.78, 5) is 15.9. The Labute approximate surface area is 173 Å². The fourth-order valence-corrected chi connectivity index (χ4v) is 4.62. The lowest BCUT2D eigenvalue weighted by Gasteiger charge is -2.29. The third kappa shape index (κ3) is 4.33. The molecule has 0 aliphatic carbocycles. The molecule has 2 aliphatic rings. The molecule has 3 heterocycles. The predicted octanol–water partition coefficient (Wildman–Crippen LogP) is 0.410. The summed E-state index contributed by atoms with van der Waals surface area (Å²) in [5.41, 5.74) is 4.52. The molecular formula is C23H33N3O3+2. The van der Waals surface area contributed by atoms with Gasteiger partial charge in [0.1, 0.15) is 39.3 Å². The second-order valence-electron chi connectivity index (χ2n) is 8.40. The Morgan fingerprint density at radius 1 is 1.03 bits per heavy atom. The number of carbonyl (C=O) groups is 1. The fourth-order valence-electron chi connectivity index (χ4n) is 4.62. The molecule has 0 spiro atoms. The lowest BCUT2D eigenvalue weighted by atomic mass is 10.1. The molecule has 156 valence electrons. The van der Waals surface area contributed by atoms with Gasteiger partial charge in [-0.1, -0.05) is 6.92 Å². The van der Waals surface area contributed by atoms with E-state index in [0.717, 1.165) is 68.4 Å². The van der Waals surface area contributed by atoms with Crippen LogP contribution in [0.1, 0.15) is 40.7 Å². The number of quaternary nitrogens is 2. The van der Waals surface area contributed by atoms with Gasteiger partial charge in [0.2, 0.25) is 12.6 Å². The topological polar surface area (TPSA) is 49.3 Å². The number of ether oxygens (including phenoxy) is 2. The van der Waals surface area contributed by atoms with E-state index in [2.05, 4.69) is 43.5 Å². The zero-order valence-corrected chi connectivity index (χ0v) is 17.8. The van der Waals surface area contributed by atoms with Crippen LogP contribution in [0.15, 0.2) is 24.3 Å². The Hall–Kier alpha value is -2.31. The number of hydrogen-bond acceptors (Lipinski definition) is 3. The van der Waals surface area contributed by atoms with Gasteiger partial charge in [0.15, 0.2) is 11.5 Å². The summed E-state index contributed by atoms with van der Waals surface area (Å²) < 4.78 is 13.2. The second kappa shape index (κ2) is 8.59. The average molecular weight is 400 g/mol. The number of ketones is 1. The number of carbonyl (C=O) groups excluding carboxylic acids is 1. The van der Waals surface area contributed by atoms with Gasteiger partial charge in [0.25, 0.3) is 0 Å². The highest BCUT2D eigenvalue weighted by Gasteiger charge is 2.27. The van der Waals surface area contributed by atoms with Crippen molar-refractivity contribution in [2.24, 2.45) is 0 Å². The maximum Gasteiger partial charge on any atom is 0.231 e. The van der Waals surface area contributed by atoms with E-state index >= 15 is 0 Å². The van der Waals surface area contributed by atoms with E-state index in [1.54, 1.807) is 4.90 Å². The Morgan fingerprint density at radius 3 is 2.52 bits per heavy atom. The molecule has 0 unspecified atom stereocenters. The number of nitrogens with zero attached hydrogens (tertiary/aromatic N) is 1. The first kappa shape index (κ1) is 20.0. The van der Waals surface area contributed by atoms with Gasteiger partial charge >= 0.3 is 0 Å². The number of fused-ring (bicyclic) bond motifs is 1. The molecule has 0 radical (unpaired) electrons. The van der Waals surface area contributed by atoms with Crippen molar-refractivity contribution in [2.75, 3.05) is 39.5 Å². The molecular weight excluding hydrogens is 366 g/mol. The van der Waals surface area contributed by atoms with Crippen LogP contribution in [0.25, 0.3) is 0 Å². The van der Waals surface area contributed by atoms with Gasteiger partial charge in [-0.3, -0.25) is 4.79 Å². The van der Waals surface area contributed by atoms with Crippen molar-refractivity contribution in [3.8, 4) is 11.5 Å². The Morgan fingerprint density at radius 2 is 1.76 bits per heavy atom. The zero-order chi connectivity index (χ0) is 20.4. The number of rotatable bonds is 7. The van der Waals surface area contributed by atoms with Crippen molar-refractivity contribution in [1.29, 1.82) is 0 Å². The van der Waals surface area contributed by atoms with Crippen molar-refractivity contribution < 1.29 is 24.1 Å². The van der Waals surface area contributed by atoms with E-state index in [-0.39, 0.29) is 5.78 Å². The van der Waals surface area contributed by atoms with Gasteiger partial charge in [-0.05, 0) is 44.5 Å². The molecule has 1 saturated heterocycles. The first-order valence-corrected chi connectivity index (χ1v) is 10.8. The van der Waals surface area contributed by atoms with Crippen LogP contribution in [0, 0.1) is 13.8 Å². The highest BCUT2D eigenvalue weighted by atomic mass is 16.7. The third-order valence-electron chi connectivity index (χ3n) is 6.29. The Balaban J connectivity index is 1.30. The van der Waals surface area contributed by atoms with Crippen LogP contribution in [0.4, 0.5) is 0 Å². The molecule has 1 aromatic heterocycles. The van der Waals surface area contributed by atoms with Crippen LogP contribution >= 0.6 is 0 Å². The second-order valence-corrected chi connectivity index (χ2v) is 8.40. The largest absolute Gasteiger partial charge is 0.454 e. The number of aryl methyl sites for hydroxylation is 1. The molecule has 0 atom stereocenters. The van der Waals surface area contributed by atoms with Crippen LogP contribution in [0.2, 0.25) is 0 Å². The Kier molecular flexibility index (Phi) is 5.92. The Bertz CT molecular complexity index is 882. The van der Waals surface area contributed by atoms with Crippen molar-refractivity contribution in [1.82, 2.24) is 4.57 Å². The molecule has 0 amide bonds. The first-order chi connectivity index (χ1) is 14.0. The van der Waals surface area contributed by atoms with Crippen LogP contribution in [-0.2, 0) is 13.1 Å². The summed E-state index contributed by atoms with van der Waals surface area (Å²) >= 11 is 0. The minimum atomic E-state index is 0.287. The van der Waals surface area contributed by atoms with Gasteiger partial charge in [-0.2, -0.15) is 0 Å². The van der Waals surface area contributed by atoms with E-state index in [4.69, 9.17) is 9.47 Å². The van der Waals surface area contributed by atoms with E-state index in [9.17, 15) is 4.79 Å². The van der Waals surface area contributed by atoms with Gasteiger partial charge in [0, 0.05) is 29.1 Å². The number of benzene rings is 1. The van der Waals surface area contributed by atoms with Crippen molar-refractivity contribution in [2.45, 2.75) is 40.3 Å². The van der Waals surface area contributed by atoms with Crippen LogP contribution in [0.3, 0.4) is 0 Å². The molecule has 0 saturated carbocycles. The summed E-state index contributed by atoms with van der Waals surface area (Å²) in [5.74, 6) is 1.99. The van der Waals surface area contributed by atoms with E-state index in [1.807, 2.05) is 6.07 Å². The molecule has 6 nitrogen and oxygen atoms in total. The van der Waals surface area contributed by atoms with Gasteiger partial charge in [0.05, 0.1) is 0 Å². The smallest absolute Gasteiger partial charge is 0.231 e. The standard InChI is InChI=1S/C23H31N3O3/c1-4-7-26-17(2)12-20(18(26)3)21(27)15-25-10-8-24(9-11-25)14-19-5-6-22-23(13-19)29-16-28-22/h5-6,12-13H,4,7-11,14-16H2,1-3H3/p+2. The quantitative estimate of drug-likeness (QED) is 0.663. The molecule has 1 aromatic carbocycles. The molecule has 2 N–H and O–H groups in total. The normalized spacial score (nSPS) is 20.8. The minimum absolute atomic E-state index is 0.287. The van der Waals surface area contributed by atoms with E-state index < -0.39 is 0 Å². The number of aromatic nitrogens is 1. The maximum atomic E-state index is 12.9. The van der Waals surface area contributed by atoms with E-state index in [0.29, 0.717) is 13.3 Å². The molecule has 1 fully saturated rings. The number of Topliss-reactive ketones (excluding diaryl/α,β-unsaturated/α-hetero) is 1. The number of piperazine rings is 1. The van der Waals surface area contributed by atoms with Gasteiger partial charge < -0.3 is 23.8 Å². The lowest BCUT2D eigenvalue weighted by molar-refractivity contribution is -1.01. The monoisotopic (exact) mass is 399 g/mol. The molecule has 29 heavy (non-hydrogen) atoms. The lowest BCUT2D eigenvalue weighted by Crippen LogP contribution is -3.27. The van der Waals surface area contributed by atoms with Crippen molar-refractivity contribution >= 4 is 5.78 Å². The van der Waals surface area contributed by atoms with Gasteiger partial charge in [-0.25, -0.2) is 0 Å². The summed E-state index contributed by atoms with van der Waals surface area (Å²) in [6, 6.07) is 8.32. The SMILES string of the molecule is CCCn1c(C)cc(C(=O)C[NH+]2CC[NH+](Cc3ccc4c(c3)OCO4)CC2)c1C. The molecule has 2 aliphatic heterocycles. The van der Waals surface area contributed by atoms with E-state index in [1.165, 1.54) is 16.2 Å². The average Bonchev–Trinajstić information content (AvgIpc) is 3.29. The van der Waals surface area contributed by atoms with Crippen LogP contribution in [0.5, 0.6) is 11.5 Å². The summed E-state index contributed by atoms with van der Waals surface area (Å²) in [6.45, 7) is 13.5. The highest BCUT2D eigenvalue weighted by Crippen LogP contribution is 2.32. The summed E-state index contributed by atoms with van der Waals surface area (Å²) in [5, 5.41) is 0. The van der Waals surface area contributed by atoms with Gasteiger partial charge in [-0.15, -0.1) is 0 Å². The molecule has 0 bridgehead atoms. The third-order valence-corrected chi connectivity index (χ3v) is 6.29.